The van der Waals surface area contributed by atoms with Crippen LogP contribution in [0.1, 0.15) is 21.7 Å². The van der Waals surface area contributed by atoms with Gasteiger partial charge in [-0.1, -0.05) is 41.9 Å². The summed E-state index contributed by atoms with van der Waals surface area (Å²) < 4.78 is 5.38. The Morgan fingerprint density at radius 2 is 1.92 bits per heavy atom. The molecule has 0 aliphatic rings. The van der Waals surface area contributed by atoms with Crippen molar-refractivity contribution in [3.63, 3.8) is 0 Å². The Balaban J connectivity index is 1.60. The molecule has 2 aromatic carbocycles. The molecular formula is C19H16ClNO2S. The number of hydrogen-bond donors (Lipinski definition) is 1. The number of nitrogens with one attached hydrogen (secondary N) is 1. The first-order valence-electron chi connectivity index (χ1n) is 7.49. The van der Waals surface area contributed by atoms with E-state index < -0.39 is 0 Å². The number of benzene rings is 2. The maximum absolute atomic E-state index is 12.3. The van der Waals surface area contributed by atoms with Crippen molar-refractivity contribution in [3.05, 3.63) is 88.8 Å². The molecule has 3 rings (SSSR count). The van der Waals surface area contributed by atoms with Gasteiger partial charge in [-0.3, -0.25) is 4.79 Å². The van der Waals surface area contributed by atoms with E-state index in [1.165, 1.54) is 0 Å². The lowest BCUT2D eigenvalue weighted by molar-refractivity contribution is 0.0922. The average Bonchev–Trinajstić information content (AvgIpc) is 3.07. The predicted octanol–water partition coefficient (Wildman–Crippen LogP) is 5.16. The van der Waals surface area contributed by atoms with Gasteiger partial charge in [0.15, 0.2) is 5.76 Å². The zero-order chi connectivity index (χ0) is 16.8. The number of carbonyl (C=O) groups excluding carboxylic acids is 1. The summed E-state index contributed by atoms with van der Waals surface area (Å²) in [5.74, 6) is 0.824. The minimum Gasteiger partial charge on any atom is -0.459 e. The molecule has 1 amide bonds. The van der Waals surface area contributed by atoms with E-state index in [9.17, 15) is 4.79 Å². The topological polar surface area (TPSA) is 42.2 Å². The Kier molecular flexibility index (Phi) is 5.62. The molecule has 0 spiro atoms. The molecule has 0 aliphatic heterocycles. The zero-order valence-electron chi connectivity index (χ0n) is 12.9. The molecule has 0 fully saturated rings. The molecule has 0 radical (unpaired) electrons. The summed E-state index contributed by atoms with van der Waals surface area (Å²) in [6, 6.07) is 19.3. The van der Waals surface area contributed by atoms with Crippen LogP contribution in [0, 0.1) is 0 Å². The fourth-order valence-corrected chi connectivity index (χ4v) is 3.35. The Bertz CT molecular complexity index is 817. The van der Waals surface area contributed by atoms with Crippen LogP contribution in [-0.4, -0.2) is 5.91 Å². The minimum absolute atomic E-state index is 0.219. The van der Waals surface area contributed by atoms with Crippen LogP contribution >= 0.6 is 23.4 Å². The molecule has 122 valence electrons. The van der Waals surface area contributed by atoms with E-state index in [4.69, 9.17) is 16.0 Å². The van der Waals surface area contributed by atoms with Crippen molar-refractivity contribution in [2.75, 3.05) is 0 Å². The largest absolute Gasteiger partial charge is 0.459 e. The molecule has 0 unspecified atom stereocenters. The van der Waals surface area contributed by atoms with Gasteiger partial charge in [0.2, 0.25) is 0 Å². The maximum atomic E-state index is 12.3. The van der Waals surface area contributed by atoms with Crippen LogP contribution in [0.25, 0.3) is 0 Å². The Morgan fingerprint density at radius 3 is 2.71 bits per heavy atom. The molecular weight excluding hydrogens is 342 g/mol. The van der Waals surface area contributed by atoms with Crippen molar-refractivity contribution >= 4 is 29.3 Å². The van der Waals surface area contributed by atoms with Gasteiger partial charge in [0.1, 0.15) is 0 Å². The molecule has 1 heterocycles. The number of amides is 1. The van der Waals surface area contributed by atoms with E-state index in [0.29, 0.717) is 23.1 Å². The maximum Gasteiger partial charge on any atom is 0.287 e. The minimum atomic E-state index is -0.219. The van der Waals surface area contributed by atoms with Gasteiger partial charge >= 0.3 is 0 Å². The van der Waals surface area contributed by atoms with Gasteiger partial charge in [0.05, 0.1) is 6.26 Å². The van der Waals surface area contributed by atoms with Crippen molar-refractivity contribution in [1.29, 1.82) is 0 Å². The van der Waals surface area contributed by atoms with Crippen LogP contribution in [0.4, 0.5) is 0 Å². The standard InChI is InChI=1S/C19H16ClNO2S/c20-16-6-4-5-14(11-16)12-21-19(22)18-15(9-10-23-18)13-24-17-7-2-1-3-8-17/h1-11H,12-13H2,(H,21,22). The summed E-state index contributed by atoms with van der Waals surface area (Å²) in [6.45, 7) is 0.408. The van der Waals surface area contributed by atoms with E-state index in [1.54, 1.807) is 24.1 Å². The first kappa shape index (κ1) is 16.7. The van der Waals surface area contributed by atoms with Crippen molar-refractivity contribution < 1.29 is 9.21 Å². The lowest BCUT2D eigenvalue weighted by atomic mass is 10.2. The van der Waals surface area contributed by atoms with E-state index >= 15 is 0 Å². The molecule has 0 saturated carbocycles. The molecule has 1 N–H and O–H groups in total. The number of thioether (sulfide) groups is 1. The van der Waals surface area contributed by atoms with Crippen molar-refractivity contribution in [2.24, 2.45) is 0 Å². The SMILES string of the molecule is O=C(NCc1cccc(Cl)c1)c1occc1CSc1ccccc1. The Hall–Kier alpha value is -2.17. The van der Waals surface area contributed by atoms with Crippen LogP contribution < -0.4 is 5.32 Å². The fourth-order valence-electron chi connectivity index (χ4n) is 2.24. The molecule has 0 saturated heterocycles. The van der Waals surface area contributed by atoms with Gasteiger partial charge in [-0.2, -0.15) is 0 Å². The second kappa shape index (κ2) is 8.08. The third kappa shape index (κ3) is 4.43. The van der Waals surface area contributed by atoms with Crippen LogP contribution in [0.2, 0.25) is 5.02 Å². The number of carbonyl (C=O) groups is 1. The van der Waals surface area contributed by atoms with E-state index in [2.05, 4.69) is 5.32 Å². The van der Waals surface area contributed by atoms with E-state index in [-0.39, 0.29) is 5.91 Å². The van der Waals surface area contributed by atoms with Gasteiger partial charge in [-0.15, -0.1) is 11.8 Å². The van der Waals surface area contributed by atoms with Crippen LogP contribution in [-0.2, 0) is 12.3 Å². The number of hydrogen-bond acceptors (Lipinski definition) is 3. The lowest BCUT2D eigenvalue weighted by Crippen LogP contribution is -2.23. The van der Waals surface area contributed by atoms with Crippen molar-refractivity contribution in [1.82, 2.24) is 5.32 Å². The highest BCUT2D eigenvalue weighted by Gasteiger charge is 2.15. The number of rotatable bonds is 6. The van der Waals surface area contributed by atoms with Crippen LogP contribution in [0.5, 0.6) is 0 Å². The lowest BCUT2D eigenvalue weighted by Gasteiger charge is -2.06. The smallest absolute Gasteiger partial charge is 0.287 e. The number of halogens is 1. The van der Waals surface area contributed by atoms with E-state index in [0.717, 1.165) is 16.0 Å². The monoisotopic (exact) mass is 357 g/mol. The second-order valence-corrected chi connectivity index (χ2v) is 6.67. The second-order valence-electron chi connectivity index (χ2n) is 5.19. The normalized spacial score (nSPS) is 10.5. The molecule has 3 nitrogen and oxygen atoms in total. The molecule has 1 aromatic heterocycles. The van der Waals surface area contributed by atoms with Crippen LogP contribution in [0.15, 0.2) is 76.2 Å². The van der Waals surface area contributed by atoms with Crippen molar-refractivity contribution in [3.8, 4) is 0 Å². The first-order valence-corrected chi connectivity index (χ1v) is 8.85. The van der Waals surface area contributed by atoms with Crippen molar-refractivity contribution in [2.45, 2.75) is 17.2 Å². The molecule has 5 heteroatoms. The molecule has 3 aromatic rings. The van der Waals surface area contributed by atoms with Crippen LogP contribution in [0.3, 0.4) is 0 Å². The highest BCUT2D eigenvalue weighted by Crippen LogP contribution is 2.24. The third-order valence-corrected chi connectivity index (χ3v) is 4.73. The summed E-state index contributed by atoms with van der Waals surface area (Å²) in [5, 5.41) is 3.52. The highest BCUT2D eigenvalue weighted by molar-refractivity contribution is 7.98. The average molecular weight is 358 g/mol. The first-order chi connectivity index (χ1) is 11.7. The quantitative estimate of drug-likeness (QED) is 0.620. The van der Waals surface area contributed by atoms with Gasteiger partial charge in [-0.25, -0.2) is 0 Å². The highest BCUT2D eigenvalue weighted by atomic mass is 35.5. The third-order valence-electron chi connectivity index (χ3n) is 3.43. The molecule has 0 aliphatic carbocycles. The summed E-state index contributed by atoms with van der Waals surface area (Å²) in [4.78, 5) is 13.5. The zero-order valence-corrected chi connectivity index (χ0v) is 14.4. The molecule has 24 heavy (non-hydrogen) atoms. The number of furan rings is 1. The van der Waals surface area contributed by atoms with E-state index in [1.807, 2.05) is 54.6 Å². The summed E-state index contributed by atoms with van der Waals surface area (Å²) in [7, 11) is 0. The molecule has 0 atom stereocenters. The fraction of sp³-hybridized carbons (Fsp3) is 0.105. The summed E-state index contributed by atoms with van der Waals surface area (Å²) in [6.07, 6.45) is 1.55. The predicted molar refractivity (Wildman–Crippen MR) is 97.3 cm³/mol. The Morgan fingerprint density at radius 1 is 1.08 bits per heavy atom. The summed E-state index contributed by atoms with van der Waals surface area (Å²) >= 11 is 7.62. The summed E-state index contributed by atoms with van der Waals surface area (Å²) in [5.41, 5.74) is 1.83. The molecule has 0 bridgehead atoms. The van der Waals surface area contributed by atoms with Gasteiger partial charge < -0.3 is 9.73 Å². The van der Waals surface area contributed by atoms with Gasteiger partial charge in [0, 0.05) is 27.8 Å². The Labute approximate surface area is 150 Å². The van der Waals surface area contributed by atoms with Gasteiger partial charge in [-0.05, 0) is 35.9 Å². The van der Waals surface area contributed by atoms with Gasteiger partial charge in [0.25, 0.3) is 5.91 Å².